The van der Waals surface area contributed by atoms with Gasteiger partial charge in [0.1, 0.15) is 0 Å². The molecule has 0 saturated heterocycles. The summed E-state index contributed by atoms with van der Waals surface area (Å²) in [6.45, 7) is 12.8. The van der Waals surface area contributed by atoms with E-state index in [1.54, 1.807) is 0 Å². The number of anilines is 18. The highest BCUT2D eigenvalue weighted by molar-refractivity contribution is 7.02. The summed E-state index contributed by atoms with van der Waals surface area (Å²) in [4.78, 5) is 15.3. The Balaban J connectivity index is 0.639. The van der Waals surface area contributed by atoms with Gasteiger partial charge in [0.2, 0.25) is 0 Å². The summed E-state index contributed by atoms with van der Waals surface area (Å²) in [5.74, 6) is 0. The minimum atomic E-state index is -0.172. The molecule has 0 radical (unpaired) electrons. The molecule has 22 aromatic carbocycles. The number of aryl methyl sites for hydroxylation is 6. The van der Waals surface area contributed by atoms with Crippen molar-refractivity contribution in [3.63, 3.8) is 0 Å². The number of rotatable bonds is 12. The lowest BCUT2D eigenvalue weighted by molar-refractivity contribution is 1.17. The van der Waals surface area contributed by atoms with E-state index < -0.39 is 0 Å². The molecule has 6 aliphatic rings. The zero-order valence-electron chi connectivity index (χ0n) is 83.8. The van der Waals surface area contributed by atoms with E-state index in [-0.39, 0.29) is 20.1 Å². The SMILES string of the molecule is Cc1ccc(N2c3ccc(C)cc3B3c4cc(-c5cc(-c6ccc7c(c6)B6c8cc(C)ccc8N(c8ccc(C)cc8)c8cccc(c86)N7c6ccc(-n7c8ccccc8c8ccccc87)cc6)cc(-c6ccc7c(c6)B6c8cc(C)ccc8N(c8ccc(C)cc8)c8cccc(c86)N7c6ccc(-n7c8ccccc8c8ccccc87)cc6)c5)ccc4N(c4ccc(-n5c6ccccc6c6ccccc65)cc4)c4cccc2c43)cc1. The highest BCUT2D eigenvalue weighted by Gasteiger charge is 2.48. The Labute approximate surface area is 872 Å². The molecule has 150 heavy (non-hydrogen) atoms. The molecule has 0 bridgehead atoms. The molecule has 0 saturated carbocycles. The second-order valence-corrected chi connectivity index (χ2v) is 41.9. The Morgan fingerprint density at radius 2 is 0.313 bits per heavy atom. The Bertz CT molecular complexity index is 8960. The number of para-hydroxylation sites is 6. The molecule has 3 aromatic heterocycles. The second kappa shape index (κ2) is 32.9. The van der Waals surface area contributed by atoms with Gasteiger partial charge in [-0.15, -0.1) is 0 Å². The zero-order valence-corrected chi connectivity index (χ0v) is 83.8. The third-order valence-corrected chi connectivity index (χ3v) is 33.1. The number of hydrogen-bond acceptors (Lipinski definition) is 6. The van der Waals surface area contributed by atoms with Crippen molar-refractivity contribution in [2.45, 2.75) is 41.5 Å². The van der Waals surface area contributed by atoms with Gasteiger partial charge in [0, 0.05) is 152 Å². The van der Waals surface area contributed by atoms with E-state index in [4.69, 9.17) is 0 Å². The molecule has 0 aliphatic carbocycles. The zero-order chi connectivity index (χ0) is 99.3. The minimum Gasteiger partial charge on any atom is -0.311 e. The average molecular weight is 1910 g/mol. The smallest absolute Gasteiger partial charge is 0.252 e. The van der Waals surface area contributed by atoms with E-state index in [0.29, 0.717) is 0 Å². The van der Waals surface area contributed by atoms with Crippen LogP contribution in [0.3, 0.4) is 0 Å². The molecule has 0 atom stereocenters. The van der Waals surface area contributed by atoms with Crippen LogP contribution in [0.5, 0.6) is 0 Å². The first-order chi connectivity index (χ1) is 73.9. The quantitative estimate of drug-likeness (QED) is 0.113. The Morgan fingerprint density at radius 1 is 0.133 bits per heavy atom. The fraction of sp³-hybridized carbons (Fsp3) is 0.0435. The lowest BCUT2D eigenvalue weighted by atomic mass is 9.33. The first-order valence-corrected chi connectivity index (χ1v) is 52.4. The molecular formula is C138H96B3N9. The van der Waals surface area contributed by atoms with Gasteiger partial charge in [-0.25, -0.2) is 0 Å². The minimum absolute atomic E-state index is 0.172. The number of benzene rings is 22. The van der Waals surface area contributed by atoms with Crippen LogP contribution >= 0.6 is 0 Å². The van der Waals surface area contributed by atoms with Crippen LogP contribution in [0.2, 0.25) is 0 Å². The largest absolute Gasteiger partial charge is 0.311 e. The van der Waals surface area contributed by atoms with Crippen molar-refractivity contribution < 1.29 is 0 Å². The molecule has 0 N–H and O–H groups in total. The Kier molecular flexibility index (Phi) is 18.8. The van der Waals surface area contributed by atoms with Crippen molar-refractivity contribution in [3.8, 4) is 50.4 Å². The van der Waals surface area contributed by atoms with Gasteiger partial charge in [0.15, 0.2) is 0 Å². The van der Waals surface area contributed by atoms with Crippen LogP contribution in [-0.2, 0) is 0 Å². The molecule has 31 rings (SSSR count). The number of aromatic nitrogens is 3. The predicted octanol–water partition coefficient (Wildman–Crippen LogP) is 30.1. The van der Waals surface area contributed by atoms with E-state index in [0.717, 1.165) is 136 Å². The first-order valence-electron chi connectivity index (χ1n) is 52.4. The lowest BCUT2D eigenvalue weighted by Crippen LogP contribution is -2.61. The van der Waals surface area contributed by atoms with Crippen LogP contribution in [0, 0.1) is 41.5 Å². The van der Waals surface area contributed by atoms with Crippen LogP contribution in [-0.4, -0.2) is 33.8 Å². The summed E-state index contributed by atoms with van der Waals surface area (Å²) in [5.41, 5.74) is 56.2. The van der Waals surface area contributed by atoms with Crippen LogP contribution in [0.15, 0.2) is 473 Å². The van der Waals surface area contributed by atoms with Crippen molar-refractivity contribution in [1.82, 2.24) is 13.7 Å². The third-order valence-electron chi connectivity index (χ3n) is 33.1. The summed E-state index contributed by atoms with van der Waals surface area (Å²) in [5, 5.41) is 7.42. The van der Waals surface area contributed by atoms with Crippen molar-refractivity contribution in [1.29, 1.82) is 0 Å². The molecule has 9 nitrogen and oxygen atoms in total. The fourth-order valence-electron chi connectivity index (χ4n) is 26.5. The summed E-state index contributed by atoms with van der Waals surface area (Å²) < 4.78 is 7.29. The summed E-state index contributed by atoms with van der Waals surface area (Å²) >= 11 is 0. The lowest BCUT2D eigenvalue weighted by Gasteiger charge is -2.44. The molecule has 9 heterocycles. The van der Waals surface area contributed by atoms with E-state index >= 15 is 0 Å². The second-order valence-electron chi connectivity index (χ2n) is 41.9. The van der Waals surface area contributed by atoms with Crippen molar-refractivity contribution in [2.24, 2.45) is 0 Å². The van der Waals surface area contributed by atoms with Crippen LogP contribution in [0.25, 0.3) is 116 Å². The predicted molar refractivity (Wildman–Crippen MR) is 636 cm³/mol. The standard InChI is InChI=1S/C138H96B3N9/c1-85-40-52-97(53-41-85)145-124-70-46-88(4)76-112(124)139-115-82-91(49-73-127(115)148(133-37-19-34-130(145)136(133)139)103-64-58-100(59-65-103)142-118-28-13-7-22-106(118)107-23-8-14-29-119(107)142)94-79-95(92-50-74-128-116(83-92)140-113-77-89(5)47-71-125(113)146(98-54-42-86(2)43-55-98)131-35-20-38-134(137(131)140)149(128)104-66-60-101(61-67-104)143-120-30-15-9-24-108(120)109-25-10-16-31-121(109)143)81-96(80-94)93-51-75-129-117(84-93)141-114-78-90(6)48-72-126(114)147(99-56-44-87(3)45-57-99)132-36-21-39-135(138(132)141)150(129)105-68-62-102(63-69-105)144-122-32-17-11-26-110(122)111-27-12-18-33-123(111)144/h7-84H,1-6H3. The van der Waals surface area contributed by atoms with Crippen molar-refractivity contribution >= 4 is 237 Å². The normalized spacial score (nSPS) is 13.3. The molecule has 25 aromatic rings. The van der Waals surface area contributed by atoms with Crippen LogP contribution in [0.1, 0.15) is 33.4 Å². The molecule has 702 valence electrons. The maximum atomic E-state index is 2.59. The van der Waals surface area contributed by atoms with E-state index in [2.05, 4.69) is 558 Å². The number of nitrogens with zero attached hydrogens (tertiary/aromatic N) is 9. The monoisotopic (exact) mass is 1910 g/mol. The van der Waals surface area contributed by atoms with Crippen LogP contribution < -0.4 is 78.6 Å². The topological polar surface area (TPSA) is 34.2 Å². The fourth-order valence-corrected chi connectivity index (χ4v) is 26.5. The Morgan fingerprint density at radius 3 is 0.533 bits per heavy atom. The molecule has 0 unspecified atom stereocenters. The third kappa shape index (κ3) is 12.8. The van der Waals surface area contributed by atoms with E-state index in [1.165, 1.54) is 165 Å². The van der Waals surface area contributed by atoms with Gasteiger partial charge in [-0.2, -0.15) is 0 Å². The average Bonchev–Trinajstić information content (AvgIpc) is 1.04. The molecule has 12 heteroatoms. The first kappa shape index (κ1) is 85.6. The molecule has 0 spiro atoms. The number of fused-ring (bicyclic) bond motifs is 21. The van der Waals surface area contributed by atoms with Gasteiger partial charge in [0.05, 0.1) is 33.1 Å². The van der Waals surface area contributed by atoms with Gasteiger partial charge in [0.25, 0.3) is 20.1 Å². The molecule has 0 fully saturated rings. The van der Waals surface area contributed by atoms with Crippen molar-refractivity contribution in [2.75, 3.05) is 29.4 Å². The molecular weight excluding hydrogens is 1820 g/mol. The summed E-state index contributed by atoms with van der Waals surface area (Å²) in [7, 11) is 0. The van der Waals surface area contributed by atoms with Gasteiger partial charge in [-0.3, -0.25) is 0 Å². The van der Waals surface area contributed by atoms with Crippen molar-refractivity contribution in [3.05, 3.63) is 507 Å². The summed E-state index contributed by atoms with van der Waals surface area (Å²) in [6, 6.07) is 181. The molecule has 6 aliphatic heterocycles. The van der Waals surface area contributed by atoms with E-state index in [9.17, 15) is 0 Å². The molecule has 0 amide bonds. The van der Waals surface area contributed by atoms with Gasteiger partial charge >= 0.3 is 0 Å². The van der Waals surface area contributed by atoms with Gasteiger partial charge in [-0.1, -0.05) is 270 Å². The van der Waals surface area contributed by atoms with E-state index in [1.807, 2.05) is 0 Å². The summed E-state index contributed by atoms with van der Waals surface area (Å²) in [6.07, 6.45) is 0. The maximum Gasteiger partial charge on any atom is 0.252 e. The highest BCUT2D eigenvalue weighted by Crippen LogP contribution is 2.53. The number of hydrogen-bond donors (Lipinski definition) is 0. The Hall–Kier alpha value is -18.8. The van der Waals surface area contributed by atoms with Crippen LogP contribution in [0.4, 0.5) is 102 Å². The maximum absolute atomic E-state index is 2.59. The highest BCUT2D eigenvalue weighted by atomic mass is 15.2. The van der Waals surface area contributed by atoms with Gasteiger partial charge < -0.3 is 43.1 Å². The van der Waals surface area contributed by atoms with Gasteiger partial charge in [-0.05, 0) is 361 Å².